The molecule has 2 atom stereocenters. The highest BCUT2D eigenvalue weighted by molar-refractivity contribution is 9.10. The molecular formula is C13H19BrN2O2. The Kier molecular flexibility index (Phi) is 4.61. The minimum atomic E-state index is -0.0781. The lowest BCUT2D eigenvalue weighted by Crippen LogP contribution is -2.48. The third-order valence-electron chi connectivity index (χ3n) is 3.20. The van der Waals surface area contributed by atoms with E-state index in [2.05, 4.69) is 33.8 Å². The summed E-state index contributed by atoms with van der Waals surface area (Å²) in [6, 6.07) is 6.31. The number of nitrogens with two attached hydrogens (primary N) is 1. The minimum absolute atomic E-state index is 0.0733. The second-order valence-corrected chi connectivity index (χ2v) is 5.72. The molecule has 1 aliphatic rings. The van der Waals surface area contributed by atoms with Crippen LogP contribution in [0.4, 0.5) is 5.69 Å². The largest absolute Gasteiger partial charge is 0.399 e. The Morgan fingerprint density at radius 2 is 2.28 bits per heavy atom. The first kappa shape index (κ1) is 13.8. The van der Waals surface area contributed by atoms with Crippen molar-refractivity contribution in [2.75, 3.05) is 25.5 Å². The van der Waals surface area contributed by atoms with Gasteiger partial charge >= 0.3 is 0 Å². The van der Waals surface area contributed by atoms with Gasteiger partial charge in [0.15, 0.2) is 0 Å². The minimum Gasteiger partial charge on any atom is -0.399 e. The van der Waals surface area contributed by atoms with Crippen LogP contribution in [0.15, 0.2) is 22.7 Å². The van der Waals surface area contributed by atoms with E-state index in [1.807, 2.05) is 12.1 Å². The molecule has 3 N–H and O–H groups in total. The van der Waals surface area contributed by atoms with Crippen LogP contribution in [0.1, 0.15) is 12.5 Å². The van der Waals surface area contributed by atoms with Crippen LogP contribution in [-0.4, -0.2) is 41.9 Å². The monoisotopic (exact) mass is 314 g/mol. The fourth-order valence-corrected chi connectivity index (χ4v) is 2.77. The molecule has 1 aromatic rings. The Balaban J connectivity index is 2.06. The average Bonchev–Trinajstić information content (AvgIpc) is 2.30. The van der Waals surface area contributed by atoms with Crippen LogP contribution in [0.2, 0.25) is 0 Å². The average molecular weight is 315 g/mol. The fraction of sp³-hybridized carbons (Fsp3) is 0.538. The Morgan fingerprint density at radius 1 is 1.50 bits per heavy atom. The van der Waals surface area contributed by atoms with Gasteiger partial charge in [-0.05, 0) is 30.7 Å². The Bertz CT molecular complexity index is 394. The second-order valence-electron chi connectivity index (χ2n) is 4.81. The van der Waals surface area contributed by atoms with Gasteiger partial charge < -0.3 is 15.6 Å². The van der Waals surface area contributed by atoms with E-state index in [0.717, 1.165) is 23.2 Å². The second kappa shape index (κ2) is 6.02. The molecule has 0 spiro atoms. The van der Waals surface area contributed by atoms with Gasteiger partial charge in [-0.25, -0.2) is 0 Å². The summed E-state index contributed by atoms with van der Waals surface area (Å²) in [5.74, 6) is 0. The van der Waals surface area contributed by atoms with E-state index in [0.29, 0.717) is 12.6 Å². The number of hydrogen-bond acceptors (Lipinski definition) is 4. The summed E-state index contributed by atoms with van der Waals surface area (Å²) in [6.07, 6.45) is -0.0781. The first-order valence-electron chi connectivity index (χ1n) is 6.10. The lowest BCUT2D eigenvalue weighted by molar-refractivity contribution is -0.0805. The van der Waals surface area contributed by atoms with Gasteiger partial charge in [0.05, 0.1) is 19.3 Å². The van der Waals surface area contributed by atoms with Crippen molar-refractivity contribution in [3.63, 3.8) is 0 Å². The number of halogens is 1. The molecule has 1 aliphatic heterocycles. The van der Waals surface area contributed by atoms with Crippen molar-refractivity contribution in [2.24, 2.45) is 0 Å². The Labute approximate surface area is 116 Å². The molecule has 1 saturated heterocycles. The van der Waals surface area contributed by atoms with Gasteiger partial charge in [0.1, 0.15) is 0 Å². The quantitative estimate of drug-likeness (QED) is 0.832. The van der Waals surface area contributed by atoms with Crippen molar-refractivity contribution in [1.82, 2.24) is 4.90 Å². The number of nitrogen functional groups attached to an aromatic ring is 1. The van der Waals surface area contributed by atoms with E-state index in [-0.39, 0.29) is 12.7 Å². The van der Waals surface area contributed by atoms with Crippen molar-refractivity contribution >= 4 is 21.6 Å². The summed E-state index contributed by atoms with van der Waals surface area (Å²) in [4.78, 5) is 2.31. The molecule has 0 amide bonds. The van der Waals surface area contributed by atoms with Crippen molar-refractivity contribution in [3.8, 4) is 0 Å². The maximum atomic E-state index is 9.17. The summed E-state index contributed by atoms with van der Waals surface area (Å²) in [7, 11) is 0. The summed E-state index contributed by atoms with van der Waals surface area (Å²) >= 11 is 3.46. The molecule has 18 heavy (non-hydrogen) atoms. The smallest absolute Gasteiger partial charge is 0.0933 e. The zero-order chi connectivity index (χ0) is 13.1. The molecule has 100 valence electrons. The molecule has 4 nitrogen and oxygen atoms in total. The fourth-order valence-electron chi connectivity index (χ4n) is 2.21. The molecule has 1 aromatic carbocycles. The van der Waals surface area contributed by atoms with Crippen LogP contribution in [0.5, 0.6) is 0 Å². The van der Waals surface area contributed by atoms with E-state index in [1.165, 1.54) is 5.56 Å². The van der Waals surface area contributed by atoms with Gasteiger partial charge in [0, 0.05) is 29.3 Å². The summed E-state index contributed by atoms with van der Waals surface area (Å²) in [5.41, 5.74) is 7.78. The lowest BCUT2D eigenvalue weighted by Gasteiger charge is -2.37. The number of benzene rings is 1. The van der Waals surface area contributed by atoms with Crippen LogP contribution in [0, 0.1) is 0 Å². The number of anilines is 1. The molecule has 1 heterocycles. The summed E-state index contributed by atoms with van der Waals surface area (Å²) in [5, 5.41) is 9.17. The van der Waals surface area contributed by atoms with Crippen molar-refractivity contribution in [3.05, 3.63) is 28.2 Å². The highest BCUT2D eigenvalue weighted by atomic mass is 79.9. The molecule has 5 heteroatoms. The third kappa shape index (κ3) is 3.45. The SMILES string of the molecule is CC1COC(CO)CN1Cc1cc(N)cc(Br)c1. The standard InChI is InChI=1S/C13H19BrN2O2/c1-9-8-18-13(7-17)6-16(9)5-10-2-11(14)4-12(15)3-10/h2-4,9,13,17H,5-8,15H2,1H3. The molecule has 0 aromatic heterocycles. The number of hydrogen-bond donors (Lipinski definition) is 2. The molecule has 1 fully saturated rings. The van der Waals surface area contributed by atoms with Crippen molar-refractivity contribution in [2.45, 2.75) is 25.6 Å². The van der Waals surface area contributed by atoms with Crippen LogP contribution >= 0.6 is 15.9 Å². The van der Waals surface area contributed by atoms with E-state index < -0.39 is 0 Å². The number of aliphatic hydroxyl groups is 1. The van der Waals surface area contributed by atoms with Crippen LogP contribution < -0.4 is 5.73 Å². The lowest BCUT2D eigenvalue weighted by atomic mass is 10.1. The summed E-state index contributed by atoms with van der Waals surface area (Å²) < 4.78 is 6.53. The number of aliphatic hydroxyl groups excluding tert-OH is 1. The van der Waals surface area contributed by atoms with Crippen molar-refractivity contribution < 1.29 is 9.84 Å². The summed E-state index contributed by atoms with van der Waals surface area (Å²) in [6.45, 7) is 4.45. The number of ether oxygens (including phenoxy) is 1. The first-order chi connectivity index (χ1) is 8.58. The molecule has 0 bridgehead atoms. The molecule has 2 unspecified atom stereocenters. The van der Waals surface area contributed by atoms with Crippen molar-refractivity contribution in [1.29, 1.82) is 0 Å². The predicted octanol–water partition coefficient (Wildman–Crippen LogP) is 1.61. The van der Waals surface area contributed by atoms with Crippen LogP contribution in [-0.2, 0) is 11.3 Å². The van der Waals surface area contributed by atoms with Gasteiger partial charge in [0.25, 0.3) is 0 Å². The number of morpholine rings is 1. The van der Waals surface area contributed by atoms with E-state index in [4.69, 9.17) is 10.5 Å². The molecule has 2 rings (SSSR count). The third-order valence-corrected chi connectivity index (χ3v) is 3.66. The molecule has 0 saturated carbocycles. The molecular weight excluding hydrogens is 296 g/mol. The topological polar surface area (TPSA) is 58.7 Å². The van der Waals surface area contributed by atoms with Gasteiger partial charge in [-0.3, -0.25) is 4.90 Å². The zero-order valence-electron chi connectivity index (χ0n) is 10.5. The van der Waals surface area contributed by atoms with Gasteiger partial charge in [-0.15, -0.1) is 0 Å². The predicted molar refractivity (Wildman–Crippen MR) is 75.3 cm³/mol. The van der Waals surface area contributed by atoms with E-state index >= 15 is 0 Å². The number of rotatable bonds is 3. The number of nitrogens with zero attached hydrogens (tertiary/aromatic N) is 1. The maximum absolute atomic E-state index is 9.17. The van der Waals surface area contributed by atoms with E-state index in [9.17, 15) is 5.11 Å². The van der Waals surface area contributed by atoms with E-state index in [1.54, 1.807) is 0 Å². The van der Waals surface area contributed by atoms with Gasteiger partial charge in [-0.1, -0.05) is 15.9 Å². The maximum Gasteiger partial charge on any atom is 0.0933 e. The van der Waals surface area contributed by atoms with Crippen LogP contribution in [0.3, 0.4) is 0 Å². The Morgan fingerprint density at radius 3 is 2.94 bits per heavy atom. The highest BCUT2D eigenvalue weighted by Gasteiger charge is 2.25. The normalized spacial score (nSPS) is 25.3. The van der Waals surface area contributed by atoms with Gasteiger partial charge in [-0.2, -0.15) is 0 Å². The highest BCUT2D eigenvalue weighted by Crippen LogP contribution is 2.21. The molecule has 0 radical (unpaired) electrons. The first-order valence-corrected chi connectivity index (χ1v) is 6.89. The Hall–Kier alpha value is -0.620. The van der Waals surface area contributed by atoms with Gasteiger partial charge in [0.2, 0.25) is 0 Å². The zero-order valence-corrected chi connectivity index (χ0v) is 12.1. The van der Waals surface area contributed by atoms with Crippen LogP contribution in [0.25, 0.3) is 0 Å². The molecule has 0 aliphatic carbocycles.